The molecule has 2 amide bonds. The fourth-order valence-corrected chi connectivity index (χ4v) is 1.90. The van der Waals surface area contributed by atoms with Gasteiger partial charge in [0.25, 0.3) is 0 Å². The Morgan fingerprint density at radius 3 is 2.55 bits per heavy atom. The minimum absolute atomic E-state index is 0.0560. The Kier molecular flexibility index (Phi) is 6.70. The number of carbonyl (C=O) groups excluding carboxylic acids is 2. The van der Waals surface area contributed by atoms with Gasteiger partial charge >= 0.3 is 0 Å². The Morgan fingerprint density at radius 2 is 1.95 bits per heavy atom. The summed E-state index contributed by atoms with van der Waals surface area (Å²) in [5.74, 6) is -0.609. The predicted octanol–water partition coefficient (Wildman–Crippen LogP) is 1.74. The first kappa shape index (κ1) is 16.1. The van der Waals surface area contributed by atoms with E-state index in [4.69, 9.17) is 0 Å². The van der Waals surface area contributed by atoms with Gasteiger partial charge < -0.3 is 10.2 Å². The number of hydrogen-bond acceptors (Lipinski definition) is 2. The highest BCUT2D eigenvalue weighted by atomic mass is 19.1. The minimum atomic E-state index is -0.299. The highest BCUT2D eigenvalue weighted by Crippen LogP contribution is 2.09. The number of hydrogen-bond donors (Lipinski definition) is 1. The Bertz CT molecular complexity index is 463. The summed E-state index contributed by atoms with van der Waals surface area (Å²) in [6.07, 6.45) is 0.547. The van der Waals surface area contributed by atoms with Gasteiger partial charge in [-0.15, -0.1) is 0 Å². The molecule has 0 bridgehead atoms. The van der Waals surface area contributed by atoms with E-state index in [1.54, 1.807) is 18.2 Å². The van der Waals surface area contributed by atoms with Crippen molar-refractivity contribution in [3.05, 3.63) is 35.6 Å². The van der Waals surface area contributed by atoms with Gasteiger partial charge in [0.05, 0.1) is 6.54 Å². The molecule has 0 unspecified atom stereocenters. The van der Waals surface area contributed by atoms with Gasteiger partial charge in [-0.05, 0) is 31.9 Å². The highest BCUT2D eigenvalue weighted by molar-refractivity contribution is 5.84. The smallest absolute Gasteiger partial charge is 0.239 e. The number of rotatable bonds is 7. The molecular formula is C15H21FN2O2. The lowest BCUT2D eigenvalue weighted by Gasteiger charge is -2.20. The molecule has 0 aliphatic heterocycles. The number of benzene rings is 1. The van der Waals surface area contributed by atoms with E-state index in [2.05, 4.69) is 5.32 Å². The van der Waals surface area contributed by atoms with E-state index < -0.39 is 0 Å². The van der Waals surface area contributed by atoms with Crippen LogP contribution in [-0.2, 0) is 16.0 Å². The summed E-state index contributed by atoms with van der Waals surface area (Å²) in [4.78, 5) is 25.0. The van der Waals surface area contributed by atoms with Gasteiger partial charge in [0, 0.05) is 19.5 Å². The number of aryl methyl sites for hydroxylation is 1. The molecule has 1 aromatic rings. The topological polar surface area (TPSA) is 49.4 Å². The summed E-state index contributed by atoms with van der Waals surface area (Å²) in [6, 6.07) is 6.41. The van der Waals surface area contributed by atoms with E-state index in [1.807, 2.05) is 13.8 Å². The Hall–Kier alpha value is -1.91. The summed E-state index contributed by atoms with van der Waals surface area (Å²) in [6.45, 7) is 4.71. The number of halogens is 1. The molecule has 1 rings (SSSR count). The Morgan fingerprint density at radius 1 is 1.25 bits per heavy atom. The zero-order valence-corrected chi connectivity index (χ0v) is 12.0. The van der Waals surface area contributed by atoms with E-state index in [9.17, 15) is 14.0 Å². The molecule has 0 aliphatic carbocycles. The summed E-state index contributed by atoms with van der Waals surface area (Å²) < 4.78 is 13.4. The van der Waals surface area contributed by atoms with Gasteiger partial charge in [-0.25, -0.2) is 4.39 Å². The maximum Gasteiger partial charge on any atom is 0.239 e. The van der Waals surface area contributed by atoms with Crippen LogP contribution in [0, 0.1) is 5.82 Å². The van der Waals surface area contributed by atoms with Gasteiger partial charge in [0.2, 0.25) is 11.8 Å². The predicted molar refractivity (Wildman–Crippen MR) is 75.7 cm³/mol. The van der Waals surface area contributed by atoms with Crippen LogP contribution in [0.2, 0.25) is 0 Å². The van der Waals surface area contributed by atoms with Gasteiger partial charge in [0.1, 0.15) is 5.82 Å². The summed E-state index contributed by atoms with van der Waals surface area (Å²) >= 11 is 0. The molecule has 0 aromatic heterocycles. The van der Waals surface area contributed by atoms with E-state index in [0.717, 1.165) is 0 Å². The molecule has 110 valence electrons. The van der Waals surface area contributed by atoms with Gasteiger partial charge in [-0.3, -0.25) is 9.59 Å². The van der Waals surface area contributed by atoms with Gasteiger partial charge in [-0.2, -0.15) is 0 Å². The number of nitrogens with one attached hydrogen (secondary N) is 1. The lowest BCUT2D eigenvalue weighted by atomic mass is 10.1. The summed E-state index contributed by atoms with van der Waals surface area (Å²) in [7, 11) is 0. The number of nitrogens with zero attached hydrogens (tertiary/aromatic N) is 1. The molecule has 0 atom stereocenters. The van der Waals surface area contributed by atoms with E-state index in [-0.39, 0.29) is 30.6 Å². The maximum absolute atomic E-state index is 13.4. The van der Waals surface area contributed by atoms with Crippen molar-refractivity contribution < 1.29 is 14.0 Å². The minimum Gasteiger partial charge on any atom is -0.355 e. The van der Waals surface area contributed by atoms with Crippen molar-refractivity contribution in [3.8, 4) is 0 Å². The third-order valence-corrected chi connectivity index (χ3v) is 3.01. The van der Waals surface area contributed by atoms with Crippen LogP contribution in [0.3, 0.4) is 0 Å². The van der Waals surface area contributed by atoms with Gasteiger partial charge in [-0.1, -0.05) is 18.2 Å². The lowest BCUT2D eigenvalue weighted by Crippen LogP contribution is -2.40. The van der Waals surface area contributed by atoms with Crippen molar-refractivity contribution in [2.45, 2.75) is 26.7 Å². The highest BCUT2D eigenvalue weighted by Gasteiger charge is 2.15. The lowest BCUT2D eigenvalue weighted by molar-refractivity contribution is -0.135. The third-order valence-electron chi connectivity index (χ3n) is 3.01. The van der Waals surface area contributed by atoms with Crippen LogP contribution in [0.15, 0.2) is 24.3 Å². The van der Waals surface area contributed by atoms with Crippen molar-refractivity contribution >= 4 is 11.8 Å². The average molecular weight is 280 g/mol. The van der Waals surface area contributed by atoms with Crippen LogP contribution in [0.4, 0.5) is 4.39 Å². The van der Waals surface area contributed by atoms with E-state index in [0.29, 0.717) is 25.1 Å². The van der Waals surface area contributed by atoms with Crippen LogP contribution in [0.5, 0.6) is 0 Å². The standard InChI is InChI=1S/C15H21FN2O2/c1-3-17-14(19)11-18(4-2)15(20)10-9-12-7-5-6-8-13(12)16/h5-8H,3-4,9-11H2,1-2H3,(H,17,19). The maximum atomic E-state index is 13.4. The fourth-order valence-electron chi connectivity index (χ4n) is 1.90. The zero-order valence-electron chi connectivity index (χ0n) is 12.0. The molecular weight excluding hydrogens is 259 g/mol. The van der Waals surface area contributed by atoms with Crippen LogP contribution in [0.25, 0.3) is 0 Å². The normalized spacial score (nSPS) is 10.2. The molecule has 0 spiro atoms. The second-order valence-corrected chi connectivity index (χ2v) is 4.45. The SMILES string of the molecule is CCNC(=O)CN(CC)C(=O)CCc1ccccc1F. The molecule has 5 heteroatoms. The molecule has 0 fully saturated rings. The van der Waals surface area contributed by atoms with Gasteiger partial charge in [0.15, 0.2) is 0 Å². The quantitative estimate of drug-likeness (QED) is 0.827. The molecule has 1 aromatic carbocycles. The van der Waals surface area contributed by atoms with E-state index >= 15 is 0 Å². The summed E-state index contributed by atoms with van der Waals surface area (Å²) in [5, 5.41) is 2.66. The van der Waals surface area contributed by atoms with Crippen molar-refractivity contribution in [1.29, 1.82) is 0 Å². The van der Waals surface area contributed by atoms with Crippen molar-refractivity contribution in [1.82, 2.24) is 10.2 Å². The van der Waals surface area contributed by atoms with Crippen molar-refractivity contribution in [3.63, 3.8) is 0 Å². The third kappa shape index (κ3) is 4.99. The summed E-state index contributed by atoms with van der Waals surface area (Å²) in [5.41, 5.74) is 0.523. The largest absolute Gasteiger partial charge is 0.355 e. The molecule has 4 nitrogen and oxygen atoms in total. The molecule has 0 aliphatic rings. The Labute approximate surface area is 119 Å². The van der Waals surface area contributed by atoms with Crippen LogP contribution >= 0.6 is 0 Å². The van der Waals surface area contributed by atoms with E-state index in [1.165, 1.54) is 11.0 Å². The molecule has 0 saturated carbocycles. The van der Waals surface area contributed by atoms with Crippen molar-refractivity contribution in [2.24, 2.45) is 0 Å². The molecule has 0 radical (unpaired) electrons. The monoisotopic (exact) mass is 280 g/mol. The number of carbonyl (C=O) groups is 2. The molecule has 20 heavy (non-hydrogen) atoms. The number of likely N-dealkylation sites (N-methyl/N-ethyl adjacent to an activating group) is 2. The fraction of sp³-hybridized carbons (Fsp3) is 0.467. The second-order valence-electron chi connectivity index (χ2n) is 4.45. The number of amides is 2. The first-order valence-electron chi connectivity index (χ1n) is 6.86. The molecule has 1 N–H and O–H groups in total. The molecule has 0 saturated heterocycles. The Balaban J connectivity index is 2.51. The second kappa shape index (κ2) is 8.30. The van der Waals surface area contributed by atoms with Crippen molar-refractivity contribution in [2.75, 3.05) is 19.6 Å². The first-order chi connectivity index (χ1) is 9.58. The van der Waals surface area contributed by atoms with Crippen LogP contribution in [-0.4, -0.2) is 36.3 Å². The zero-order chi connectivity index (χ0) is 15.0. The van der Waals surface area contributed by atoms with Crippen LogP contribution < -0.4 is 5.32 Å². The average Bonchev–Trinajstić information content (AvgIpc) is 2.44. The molecule has 0 heterocycles. The van der Waals surface area contributed by atoms with Crippen LogP contribution in [0.1, 0.15) is 25.8 Å². The first-order valence-corrected chi connectivity index (χ1v) is 6.86.